The molecule has 27 heavy (non-hydrogen) atoms. The van der Waals surface area contributed by atoms with E-state index in [9.17, 15) is 4.79 Å². The summed E-state index contributed by atoms with van der Waals surface area (Å²) in [5.74, 6) is 1.40. The molecule has 0 bridgehead atoms. The van der Waals surface area contributed by atoms with Crippen molar-refractivity contribution in [2.24, 2.45) is 0 Å². The smallest absolute Gasteiger partial charge is 0.294 e. The van der Waals surface area contributed by atoms with Crippen molar-refractivity contribution in [3.8, 4) is 11.5 Å². The Morgan fingerprint density at radius 1 is 1.33 bits per heavy atom. The average molecular weight is 422 g/mol. The molecule has 0 saturated heterocycles. The van der Waals surface area contributed by atoms with Gasteiger partial charge in [-0.2, -0.15) is 0 Å². The molecule has 4 nitrogen and oxygen atoms in total. The van der Waals surface area contributed by atoms with Crippen molar-refractivity contribution in [1.29, 1.82) is 0 Å². The van der Waals surface area contributed by atoms with Crippen molar-refractivity contribution in [3.63, 3.8) is 0 Å². The van der Waals surface area contributed by atoms with Crippen LogP contribution in [-0.2, 0) is 9.53 Å². The zero-order chi connectivity index (χ0) is 19.6. The van der Waals surface area contributed by atoms with Gasteiger partial charge in [0.1, 0.15) is 11.2 Å². The third-order valence-corrected chi connectivity index (χ3v) is 5.38. The molecule has 1 atom stereocenters. The van der Waals surface area contributed by atoms with Crippen LogP contribution >= 0.6 is 36.6 Å². The fourth-order valence-electron chi connectivity index (χ4n) is 2.30. The molecule has 0 aliphatic rings. The van der Waals surface area contributed by atoms with Crippen molar-refractivity contribution >= 4 is 53.0 Å². The number of hydrogen-bond donors (Lipinski definition) is 2. The Kier molecular flexibility index (Phi) is 8.97. The summed E-state index contributed by atoms with van der Waals surface area (Å²) in [5, 5.41) is 3.42. The molecule has 7 heteroatoms. The fraction of sp³-hybridized carbons (Fsp3) is 0.300. The van der Waals surface area contributed by atoms with Crippen LogP contribution in [0.4, 0.5) is 5.69 Å². The fourth-order valence-corrected chi connectivity index (χ4v) is 3.79. The van der Waals surface area contributed by atoms with E-state index in [0.29, 0.717) is 21.3 Å². The van der Waals surface area contributed by atoms with Gasteiger partial charge in [-0.3, -0.25) is 4.79 Å². The van der Waals surface area contributed by atoms with Crippen LogP contribution in [0.2, 0.25) is 0 Å². The highest BCUT2D eigenvalue weighted by Gasteiger charge is 2.16. The number of hydrogen-bond acceptors (Lipinski definition) is 7. The first-order chi connectivity index (χ1) is 13.0. The second kappa shape index (κ2) is 11.2. The molecule has 144 valence electrons. The summed E-state index contributed by atoms with van der Waals surface area (Å²) in [6.45, 7) is 5.17. The van der Waals surface area contributed by atoms with E-state index in [2.05, 4.69) is 24.9 Å². The maximum Gasteiger partial charge on any atom is 0.294 e. The van der Waals surface area contributed by atoms with Crippen LogP contribution in [0, 0.1) is 0 Å². The van der Waals surface area contributed by atoms with Crippen molar-refractivity contribution in [2.75, 3.05) is 11.9 Å². The van der Waals surface area contributed by atoms with E-state index in [1.54, 1.807) is 6.92 Å². The number of thiocarbonyl (C=S) groups is 1. The van der Waals surface area contributed by atoms with E-state index in [1.165, 1.54) is 11.8 Å². The number of thioether (sulfide) groups is 1. The number of carbonyl (C=O) groups is 1. The Bertz CT molecular complexity index is 769. The lowest BCUT2D eigenvalue weighted by Gasteiger charge is -2.18. The van der Waals surface area contributed by atoms with Gasteiger partial charge < -0.3 is 14.8 Å². The molecular weight excluding hydrogens is 398 g/mol. The minimum atomic E-state index is -0.352. The van der Waals surface area contributed by atoms with Crippen LogP contribution in [0.5, 0.6) is 11.5 Å². The zero-order valence-electron chi connectivity index (χ0n) is 15.3. The number of para-hydroxylation sites is 1. The molecule has 0 aliphatic heterocycles. The van der Waals surface area contributed by atoms with Gasteiger partial charge in [0.05, 0.1) is 9.88 Å². The van der Waals surface area contributed by atoms with E-state index in [4.69, 9.17) is 21.7 Å². The van der Waals surface area contributed by atoms with Crippen LogP contribution in [0.25, 0.3) is 0 Å². The van der Waals surface area contributed by atoms with Gasteiger partial charge in [-0.25, -0.2) is 0 Å². The number of anilines is 1. The van der Waals surface area contributed by atoms with E-state index < -0.39 is 0 Å². The molecular formula is C20H23NO3S3. The number of unbranched alkanes of at least 4 members (excludes halogenated alkanes) is 1. The first-order valence-corrected chi connectivity index (χ1v) is 10.4. The molecule has 0 saturated carbocycles. The van der Waals surface area contributed by atoms with Gasteiger partial charge in [-0.1, -0.05) is 55.5 Å². The molecule has 2 rings (SSSR count). The number of thiol groups is 1. The molecule has 2 aromatic carbocycles. The van der Waals surface area contributed by atoms with Gasteiger partial charge in [0.15, 0.2) is 5.75 Å². The average Bonchev–Trinajstić information content (AvgIpc) is 2.65. The van der Waals surface area contributed by atoms with Gasteiger partial charge in [0.2, 0.25) is 0 Å². The van der Waals surface area contributed by atoms with Crippen LogP contribution in [0.3, 0.4) is 0 Å². The highest BCUT2D eigenvalue weighted by Crippen LogP contribution is 2.38. The van der Waals surface area contributed by atoms with Gasteiger partial charge in [-0.15, -0.1) is 12.6 Å². The Labute approximate surface area is 175 Å². The Balaban J connectivity index is 2.29. The summed E-state index contributed by atoms with van der Waals surface area (Å²) in [6.07, 6.45) is 2.13. The maximum absolute atomic E-state index is 10.5. The lowest BCUT2D eigenvalue weighted by molar-refractivity contribution is -0.129. The van der Waals surface area contributed by atoms with E-state index in [0.717, 1.165) is 36.4 Å². The first kappa shape index (κ1) is 21.6. The molecule has 0 fully saturated rings. The van der Waals surface area contributed by atoms with Crippen LogP contribution in [-0.4, -0.2) is 22.6 Å². The lowest BCUT2D eigenvalue weighted by Crippen LogP contribution is -2.08. The first-order valence-electron chi connectivity index (χ1n) is 8.69. The normalized spacial score (nSPS) is 11.5. The second-order valence-electron chi connectivity index (χ2n) is 5.77. The molecule has 0 amide bonds. The molecule has 0 heterocycles. The third-order valence-electron chi connectivity index (χ3n) is 3.63. The Morgan fingerprint density at radius 3 is 2.74 bits per heavy atom. The van der Waals surface area contributed by atoms with Gasteiger partial charge in [0.25, 0.3) is 6.47 Å². The number of ether oxygens (including phenoxy) is 2. The quantitative estimate of drug-likeness (QED) is 0.164. The molecule has 2 aromatic rings. The summed E-state index contributed by atoms with van der Waals surface area (Å²) in [5.41, 5.74) is 1.32. The van der Waals surface area contributed by atoms with Crippen LogP contribution in [0.15, 0.2) is 47.4 Å². The lowest BCUT2D eigenvalue weighted by atomic mass is 10.2. The highest BCUT2D eigenvalue weighted by atomic mass is 32.2. The number of nitrogens with one attached hydrogen (secondary N) is 1. The van der Waals surface area contributed by atoms with Crippen LogP contribution < -0.4 is 10.1 Å². The Hall–Kier alpha value is -1.70. The second-order valence-corrected chi connectivity index (χ2v) is 8.23. The minimum absolute atomic E-state index is 0.352. The third kappa shape index (κ3) is 6.75. The largest absolute Gasteiger partial charge is 0.454 e. The van der Waals surface area contributed by atoms with Gasteiger partial charge in [0, 0.05) is 17.0 Å². The summed E-state index contributed by atoms with van der Waals surface area (Å²) >= 11 is 11.4. The van der Waals surface area contributed by atoms with Crippen molar-refractivity contribution in [1.82, 2.24) is 0 Å². The molecule has 0 spiro atoms. The predicted molar refractivity (Wildman–Crippen MR) is 120 cm³/mol. The van der Waals surface area contributed by atoms with Gasteiger partial charge >= 0.3 is 0 Å². The molecule has 1 unspecified atom stereocenters. The van der Waals surface area contributed by atoms with Crippen molar-refractivity contribution in [2.45, 2.75) is 37.0 Å². The summed E-state index contributed by atoms with van der Waals surface area (Å²) < 4.78 is 11.6. The summed E-state index contributed by atoms with van der Waals surface area (Å²) in [6, 6.07) is 13.4. The minimum Gasteiger partial charge on any atom is -0.454 e. The zero-order valence-corrected chi connectivity index (χ0v) is 17.8. The topological polar surface area (TPSA) is 47.6 Å². The number of benzene rings is 2. The predicted octanol–water partition coefficient (Wildman–Crippen LogP) is 5.91. The molecule has 1 N–H and O–H groups in total. The van der Waals surface area contributed by atoms with Crippen molar-refractivity contribution < 1.29 is 14.3 Å². The molecule has 0 radical (unpaired) electrons. The number of carbonyl (C=O) groups excluding carboxylic acids is 1. The SMILES string of the molecule is CCCCNc1cc(C(=S)SC(C)OC=O)cc(S)c1Oc1ccccc1. The standard InChI is InChI=1S/C20H23NO3S3/c1-3-4-10-21-17-11-15(20(26)27-14(2)23-13-22)12-18(25)19(17)24-16-8-6-5-7-9-16/h5-9,11-14,21,25H,3-4,10H2,1-2H3. The van der Waals surface area contributed by atoms with Crippen LogP contribution in [0.1, 0.15) is 32.3 Å². The Morgan fingerprint density at radius 2 is 2.07 bits per heavy atom. The van der Waals surface area contributed by atoms with Gasteiger partial charge in [-0.05, 0) is 37.6 Å². The maximum atomic E-state index is 10.5. The van der Waals surface area contributed by atoms with E-state index in [1.807, 2.05) is 42.5 Å². The van der Waals surface area contributed by atoms with E-state index >= 15 is 0 Å². The summed E-state index contributed by atoms with van der Waals surface area (Å²) in [4.78, 5) is 11.2. The monoisotopic (exact) mass is 421 g/mol. The van der Waals surface area contributed by atoms with Crippen molar-refractivity contribution in [3.05, 3.63) is 48.0 Å². The molecule has 0 aliphatic carbocycles. The van der Waals surface area contributed by atoms with E-state index in [-0.39, 0.29) is 5.44 Å². The highest BCUT2D eigenvalue weighted by molar-refractivity contribution is 8.24. The number of rotatable bonds is 10. The molecule has 0 aromatic heterocycles. The summed E-state index contributed by atoms with van der Waals surface area (Å²) in [7, 11) is 0.